The Morgan fingerprint density at radius 1 is 1.07 bits per heavy atom. The molecule has 2 nitrogen and oxygen atoms in total. The summed E-state index contributed by atoms with van der Waals surface area (Å²) in [6, 6.07) is 21.7. The standard InChI is InChI=1S/C23H16Br2ClNO/c1-15-2-6-18(7-3-15)19(13-27)10-17-11-21(25)23(22(26)12-17)28-14-16-4-8-20(24)9-5-16/h2-12H,14H2,1H3/b19-10-. The minimum absolute atomic E-state index is 0.410. The molecule has 3 aromatic carbocycles. The van der Waals surface area contributed by atoms with Crippen molar-refractivity contribution >= 4 is 55.1 Å². The third kappa shape index (κ3) is 5.26. The van der Waals surface area contributed by atoms with E-state index in [-0.39, 0.29) is 0 Å². The Hall–Kier alpha value is -2.06. The second-order valence-corrected chi connectivity index (χ2v) is 8.44. The van der Waals surface area contributed by atoms with Crippen LogP contribution in [0.4, 0.5) is 0 Å². The van der Waals surface area contributed by atoms with Crippen molar-refractivity contribution in [2.75, 3.05) is 0 Å². The molecular formula is C23H16Br2ClNO. The van der Waals surface area contributed by atoms with Gasteiger partial charge in [-0.05, 0) is 69.9 Å². The maximum Gasteiger partial charge on any atom is 0.152 e. The second kappa shape index (κ2) is 9.43. The van der Waals surface area contributed by atoms with Crippen LogP contribution in [0.25, 0.3) is 11.6 Å². The molecule has 0 aliphatic rings. The van der Waals surface area contributed by atoms with Gasteiger partial charge in [0.2, 0.25) is 0 Å². The molecule has 0 aliphatic heterocycles. The Morgan fingerprint density at radius 3 is 2.36 bits per heavy atom. The van der Waals surface area contributed by atoms with E-state index >= 15 is 0 Å². The van der Waals surface area contributed by atoms with Gasteiger partial charge in [0, 0.05) is 4.47 Å². The Balaban J connectivity index is 1.83. The number of aryl methyl sites for hydroxylation is 1. The SMILES string of the molecule is Cc1ccc(/C(C#N)=C\c2cc(Cl)c(OCc3ccc(Br)cc3)c(Br)c2)cc1. The minimum Gasteiger partial charge on any atom is -0.486 e. The number of hydrogen-bond donors (Lipinski definition) is 0. The highest BCUT2D eigenvalue weighted by Gasteiger charge is 2.10. The molecule has 0 aliphatic carbocycles. The summed E-state index contributed by atoms with van der Waals surface area (Å²) in [5.74, 6) is 0.579. The zero-order chi connectivity index (χ0) is 20.1. The summed E-state index contributed by atoms with van der Waals surface area (Å²) in [7, 11) is 0. The Kier molecular flexibility index (Phi) is 6.96. The quantitative estimate of drug-likeness (QED) is 0.255. The molecule has 3 rings (SSSR count). The van der Waals surface area contributed by atoms with Crippen molar-refractivity contribution in [3.63, 3.8) is 0 Å². The fourth-order valence-corrected chi connectivity index (χ4v) is 3.87. The number of benzene rings is 3. The van der Waals surface area contributed by atoms with Crippen LogP contribution in [0, 0.1) is 18.3 Å². The molecule has 0 amide bonds. The number of hydrogen-bond acceptors (Lipinski definition) is 2. The molecular weight excluding hydrogens is 502 g/mol. The van der Waals surface area contributed by atoms with Crippen LogP contribution >= 0.6 is 43.5 Å². The minimum atomic E-state index is 0.410. The molecule has 0 spiro atoms. The van der Waals surface area contributed by atoms with Gasteiger partial charge in [0.05, 0.1) is 21.1 Å². The first-order valence-corrected chi connectivity index (χ1v) is 10.5. The number of allylic oxidation sites excluding steroid dienone is 1. The Labute approximate surface area is 186 Å². The van der Waals surface area contributed by atoms with Crippen molar-refractivity contribution in [1.29, 1.82) is 5.26 Å². The summed E-state index contributed by atoms with van der Waals surface area (Å²) < 4.78 is 7.66. The van der Waals surface area contributed by atoms with Gasteiger partial charge < -0.3 is 4.74 Å². The smallest absolute Gasteiger partial charge is 0.152 e. The summed E-state index contributed by atoms with van der Waals surface area (Å²) in [6.45, 7) is 2.43. The van der Waals surface area contributed by atoms with Crippen LogP contribution in [0.5, 0.6) is 5.75 Å². The van der Waals surface area contributed by atoms with Gasteiger partial charge in [0.25, 0.3) is 0 Å². The molecule has 28 heavy (non-hydrogen) atoms. The van der Waals surface area contributed by atoms with Gasteiger partial charge in [-0.25, -0.2) is 0 Å². The summed E-state index contributed by atoms with van der Waals surface area (Å²) in [4.78, 5) is 0. The predicted octanol–water partition coefficient (Wildman–Crippen LogP) is 7.82. The normalized spacial score (nSPS) is 11.2. The van der Waals surface area contributed by atoms with Crippen LogP contribution < -0.4 is 4.74 Å². The molecule has 0 aromatic heterocycles. The molecule has 0 radical (unpaired) electrons. The lowest BCUT2D eigenvalue weighted by Crippen LogP contribution is -1.97. The number of nitriles is 1. The van der Waals surface area contributed by atoms with E-state index in [4.69, 9.17) is 16.3 Å². The average Bonchev–Trinajstić information content (AvgIpc) is 2.67. The van der Waals surface area contributed by atoms with Crippen LogP contribution in [0.3, 0.4) is 0 Å². The second-order valence-electron chi connectivity index (χ2n) is 6.26. The van der Waals surface area contributed by atoms with Gasteiger partial charge in [-0.2, -0.15) is 5.26 Å². The highest BCUT2D eigenvalue weighted by atomic mass is 79.9. The van der Waals surface area contributed by atoms with Gasteiger partial charge in [-0.1, -0.05) is 69.5 Å². The van der Waals surface area contributed by atoms with Crippen LogP contribution in [-0.2, 0) is 6.61 Å². The van der Waals surface area contributed by atoms with Crippen LogP contribution in [-0.4, -0.2) is 0 Å². The highest BCUT2D eigenvalue weighted by molar-refractivity contribution is 9.10. The number of halogens is 3. The zero-order valence-electron chi connectivity index (χ0n) is 15.0. The third-order valence-corrected chi connectivity index (χ3v) is 5.51. The van der Waals surface area contributed by atoms with E-state index in [1.54, 1.807) is 6.07 Å². The topological polar surface area (TPSA) is 33.0 Å². The van der Waals surface area contributed by atoms with Crippen molar-refractivity contribution in [1.82, 2.24) is 0 Å². The largest absolute Gasteiger partial charge is 0.486 e. The molecule has 0 unspecified atom stereocenters. The van der Waals surface area contributed by atoms with E-state index in [0.717, 1.165) is 31.2 Å². The molecule has 5 heteroatoms. The summed E-state index contributed by atoms with van der Waals surface area (Å²) in [5, 5.41) is 10.0. The summed E-state index contributed by atoms with van der Waals surface area (Å²) in [6.07, 6.45) is 1.82. The molecule has 3 aromatic rings. The van der Waals surface area contributed by atoms with Crippen molar-refractivity contribution in [3.8, 4) is 11.8 Å². The van der Waals surface area contributed by atoms with Gasteiger partial charge in [0.15, 0.2) is 5.75 Å². The average molecular weight is 518 g/mol. The van der Waals surface area contributed by atoms with Gasteiger partial charge in [0.1, 0.15) is 6.61 Å². The Bertz CT molecular complexity index is 1030. The first kappa shape index (κ1) is 20.7. The first-order chi connectivity index (χ1) is 13.5. The third-order valence-electron chi connectivity index (χ3n) is 4.11. The molecule has 0 saturated heterocycles. The van der Waals surface area contributed by atoms with Crippen molar-refractivity contribution < 1.29 is 4.74 Å². The fourth-order valence-electron chi connectivity index (χ4n) is 2.62. The molecule has 0 atom stereocenters. The number of nitrogens with zero attached hydrogens (tertiary/aromatic N) is 1. The predicted molar refractivity (Wildman–Crippen MR) is 122 cm³/mol. The number of rotatable bonds is 5. The highest BCUT2D eigenvalue weighted by Crippen LogP contribution is 2.36. The van der Waals surface area contributed by atoms with E-state index in [0.29, 0.717) is 23.0 Å². The van der Waals surface area contributed by atoms with E-state index in [2.05, 4.69) is 37.9 Å². The fraction of sp³-hybridized carbons (Fsp3) is 0.0870. The molecule has 0 heterocycles. The lowest BCUT2D eigenvalue weighted by atomic mass is 10.0. The van der Waals surface area contributed by atoms with Crippen LogP contribution in [0.2, 0.25) is 5.02 Å². The van der Waals surface area contributed by atoms with Crippen molar-refractivity contribution in [2.24, 2.45) is 0 Å². The molecule has 0 saturated carbocycles. The van der Waals surface area contributed by atoms with Gasteiger partial charge in [-0.15, -0.1) is 0 Å². The van der Waals surface area contributed by atoms with Crippen molar-refractivity contribution in [2.45, 2.75) is 13.5 Å². The van der Waals surface area contributed by atoms with Gasteiger partial charge >= 0.3 is 0 Å². The summed E-state index contributed by atoms with van der Waals surface area (Å²) in [5.41, 5.74) is 4.47. The van der Waals surface area contributed by atoms with E-state index < -0.39 is 0 Å². The maximum atomic E-state index is 9.54. The molecule has 140 valence electrons. The monoisotopic (exact) mass is 515 g/mol. The van der Waals surface area contributed by atoms with Crippen molar-refractivity contribution in [3.05, 3.63) is 96.9 Å². The van der Waals surface area contributed by atoms with E-state index in [1.807, 2.05) is 67.6 Å². The van der Waals surface area contributed by atoms with E-state index in [9.17, 15) is 5.26 Å². The number of ether oxygens (including phenoxy) is 1. The molecule has 0 N–H and O–H groups in total. The lowest BCUT2D eigenvalue weighted by molar-refractivity contribution is 0.304. The molecule has 0 fully saturated rings. The Morgan fingerprint density at radius 2 is 1.75 bits per heavy atom. The van der Waals surface area contributed by atoms with Crippen LogP contribution in [0.15, 0.2) is 69.6 Å². The zero-order valence-corrected chi connectivity index (χ0v) is 19.0. The first-order valence-electron chi connectivity index (χ1n) is 8.51. The van der Waals surface area contributed by atoms with Crippen LogP contribution in [0.1, 0.15) is 22.3 Å². The van der Waals surface area contributed by atoms with Gasteiger partial charge in [-0.3, -0.25) is 0 Å². The lowest BCUT2D eigenvalue weighted by Gasteiger charge is -2.11. The summed E-state index contributed by atoms with van der Waals surface area (Å²) >= 11 is 13.4. The maximum absolute atomic E-state index is 9.54. The van der Waals surface area contributed by atoms with E-state index in [1.165, 1.54) is 0 Å². The molecule has 0 bridgehead atoms.